The summed E-state index contributed by atoms with van der Waals surface area (Å²) in [4.78, 5) is 11.7. The average Bonchev–Trinajstić information content (AvgIpc) is 2.77. The largest absolute Gasteiger partial charge is 0.252 e. The van der Waals surface area contributed by atoms with Crippen LogP contribution in [0.15, 0.2) is 49.8 Å². The molecule has 0 unspecified atom stereocenters. The van der Waals surface area contributed by atoms with E-state index in [2.05, 4.69) is 67.3 Å². The van der Waals surface area contributed by atoms with Crippen molar-refractivity contribution in [3.8, 4) is 0 Å². The van der Waals surface area contributed by atoms with Crippen LogP contribution >= 0.6 is 47.8 Å². The molecule has 0 aliphatic rings. The Morgan fingerprint density at radius 1 is 0.625 bits per heavy atom. The molecule has 0 saturated heterocycles. The lowest BCUT2D eigenvalue weighted by atomic mass is 10.3. The maximum absolute atomic E-state index is 12.6. The van der Waals surface area contributed by atoms with E-state index in [0.717, 1.165) is 4.47 Å². The van der Waals surface area contributed by atoms with Crippen molar-refractivity contribution >= 4 is 64.9 Å². The zero-order valence-corrected chi connectivity index (χ0v) is 20.0. The molecule has 1 heterocycles. The van der Waals surface area contributed by atoms with Gasteiger partial charge in [-0.1, -0.05) is 62.2 Å². The Kier molecular flexibility index (Phi) is 10.9. The fourth-order valence-corrected chi connectivity index (χ4v) is 2.72. The van der Waals surface area contributed by atoms with Crippen LogP contribution < -0.4 is 0 Å². The summed E-state index contributed by atoms with van der Waals surface area (Å²) in [6, 6.07) is 9.36. The molecule has 4 nitrogen and oxygen atoms in total. The van der Waals surface area contributed by atoms with Gasteiger partial charge in [0.15, 0.2) is 23.0 Å². The van der Waals surface area contributed by atoms with Crippen molar-refractivity contribution < 1.29 is 22.0 Å². The summed E-state index contributed by atoms with van der Waals surface area (Å²) in [5, 5.41) is 0. The van der Waals surface area contributed by atoms with Crippen LogP contribution in [0.25, 0.3) is 14.5 Å². The van der Waals surface area contributed by atoms with Gasteiger partial charge in [-0.3, -0.25) is 9.69 Å². The van der Waals surface area contributed by atoms with Crippen molar-refractivity contribution in [1.82, 2.24) is 4.98 Å². The first-order valence-electron chi connectivity index (χ1n) is 7.78. The van der Waals surface area contributed by atoms with E-state index >= 15 is 0 Å². The number of rotatable bonds is 0. The van der Waals surface area contributed by atoms with Gasteiger partial charge in [0.05, 0.1) is 24.2 Å². The minimum atomic E-state index is -1.67. The molecule has 0 atom stereocenters. The first-order chi connectivity index (χ1) is 15.0. The van der Waals surface area contributed by atoms with Crippen molar-refractivity contribution in [1.29, 1.82) is 0 Å². The summed E-state index contributed by atoms with van der Waals surface area (Å²) < 4.78 is 62.0. The van der Waals surface area contributed by atoms with E-state index < -0.39 is 33.8 Å². The van der Waals surface area contributed by atoms with Gasteiger partial charge in [0.1, 0.15) is 5.82 Å². The lowest BCUT2D eigenvalue weighted by Gasteiger charge is -1.97. The highest BCUT2D eigenvalue weighted by molar-refractivity contribution is 9.11. The van der Waals surface area contributed by atoms with Crippen molar-refractivity contribution in [3.63, 3.8) is 0 Å². The van der Waals surface area contributed by atoms with E-state index in [1.807, 2.05) is 0 Å². The highest BCUT2D eigenvalue weighted by Gasteiger charge is 2.17. The van der Waals surface area contributed by atoms with Gasteiger partial charge in [-0.25, -0.2) is 18.0 Å². The smallest absolute Gasteiger partial charge is 0.250 e. The molecular weight excluding hydrogens is 631 g/mol. The van der Waals surface area contributed by atoms with E-state index in [-0.39, 0.29) is 5.69 Å². The van der Waals surface area contributed by atoms with Crippen LogP contribution in [0.5, 0.6) is 0 Å². The van der Waals surface area contributed by atoms with E-state index in [1.54, 1.807) is 24.3 Å². The van der Waals surface area contributed by atoms with E-state index in [1.165, 1.54) is 12.1 Å². The molecule has 0 bridgehead atoms. The molecule has 0 N–H and O–H groups in total. The predicted octanol–water partition coefficient (Wildman–Crippen LogP) is 9.09. The first kappa shape index (κ1) is 27.2. The average molecular weight is 637 g/mol. The second kappa shape index (κ2) is 12.9. The molecule has 0 spiro atoms. The lowest BCUT2D eigenvalue weighted by molar-refractivity contribution is 0.400. The zero-order chi connectivity index (χ0) is 24.4. The molecule has 162 valence electrons. The topological polar surface area (TPSA) is 26.0 Å². The third-order valence-electron chi connectivity index (χ3n) is 3.15. The highest BCUT2D eigenvalue weighted by atomic mass is 79.9. The fraction of sp³-hybridized carbons (Fsp3) is 0. The van der Waals surface area contributed by atoms with Crippen molar-refractivity contribution in [2.45, 2.75) is 0 Å². The van der Waals surface area contributed by atoms with Gasteiger partial charge in [0, 0.05) is 8.95 Å². The first-order valence-corrected chi connectivity index (χ1v) is 10.2. The summed E-state index contributed by atoms with van der Waals surface area (Å²) >= 11 is 8.61. The predicted molar refractivity (Wildman–Crippen MR) is 119 cm³/mol. The number of pyridine rings is 1. The standard InChI is InChI=1S/C8H3BrN2.C7H3BrFN.C5BrF4N/c1-10-7-4-3-6(9)5-8(7)11-2;1-10-7-3-2-5(8)4-6(7)9;6-1-2(7)4(9)11-5(10)3(1)8/h3-5H;2-4H;. The van der Waals surface area contributed by atoms with Gasteiger partial charge in [-0.2, -0.15) is 13.8 Å². The van der Waals surface area contributed by atoms with Gasteiger partial charge in [0.2, 0.25) is 5.69 Å². The van der Waals surface area contributed by atoms with Crippen LogP contribution in [0.4, 0.5) is 39.0 Å². The Labute approximate surface area is 204 Å². The van der Waals surface area contributed by atoms with Gasteiger partial charge in [-0.15, -0.1) is 0 Å². The zero-order valence-electron chi connectivity index (χ0n) is 15.3. The fourth-order valence-electron chi connectivity index (χ4n) is 1.71. The number of halogens is 8. The minimum Gasteiger partial charge on any atom is -0.250 e. The van der Waals surface area contributed by atoms with Gasteiger partial charge >= 0.3 is 0 Å². The van der Waals surface area contributed by atoms with E-state index in [4.69, 9.17) is 19.7 Å². The lowest BCUT2D eigenvalue weighted by Crippen LogP contribution is -1.99. The Morgan fingerprint density at radius 3 is 1.50 bits per heavy atom. The third kappa shape index (κ3) is 7.69. The molecule has 0 aliphatic carbocycles. The molecule has 0 saturated carbocycles. The summed E-state index contributed by atoms with van der Waals surface area (Å²) in [6.07, 6.45) is 0. The van der Waals surface area contributed by atoms with Crippen molar-refractivity contribution in [2.24, 2.45) is 0 Å². The number of hydrogen-bond acceptors (Lipinski definition) is 1. The summed E-state index contributed by atoms with van der Waals surface area (Å²) in [7, 11) is 0. The van der Waals surface area contributed by atoms with Crippen LogP contribution in [0.1, 0.15) is 0 Å². The molecule has 0 radical (unpaired) electrons. The maximum Gasteiger partial charge on any atom is 0.252 e. The van der Waals surface area contributed by atoms with Crippen LogP contribution in [-0.2, 0) is 0 Å². The molecule has 12 heteroatoms. The van der Waals surface area contributed by atoms with E-state index in [9.17, 15) is 22.0 Å². The van der Waals surface area contributed by atoms with Gasteiger partial charge in [-0.05, 0) is 22.0 Å². The molecule has 32 heavy (non-hydrogen) atoms. The Bertz CT molecular complexity index is 1240. The molecule has 1 aromatic heterocycles. The Hall–Kier alpha value is -2.85. The SMILES string of the molecule is Fc1nc(F)c(F)c(Br)c1F.[C-]#[N+]c1ccc(Br)cc1F.[C-]#[N+]c1ccc(Br)cc1[N+]#[C-]. The number of hydrogen-bond donors (Lipinski definition) is 0. The molecule has 0 fully saturated rings. The molecule has 0 amide bonds. The van der Waals surface area contributed by atoms with E-state index in [0.29, 0.717) is 15.8 Å². The van der Waals surface area contributed by atoms with Crippen LogP contribution in [0.2, 0.25) is 0 Å². The quantitative estimate of drug-likeness (QED) is 0.137. The number of benzene rings is 2. The van der Waals surface area contributed by atoms with Crippen LogP contribution in [0, 0.1) is 49.1 Å². The normalized spacial score (nSPS) is 9.16. The summed E-state index contributed by atoms with van der Waals surface area (Å²) in [5.41, 5.74) is 0.862. The molecule has 2 aromatic carbocycles. The Balaban J connectivity index is 0.000000240. The van der Waals surface area contributed by atoms with Crippen molar-refractivity contribution in [2.75, 3.05) is 0 Å². The van der Waals surface area contributed by atoms with Gasteiger partial charge < -0.3 is 0 Å². The molecule has 3 aromatic rings. The molecule has 3 rings (SSSR count). The second-order valence-electron chi connectivity index (χ2n) is 5.20. The highest BCUT2D eigenvalue weighted by Crippen LogP contribution is 2.30. The van der Waals surface area contributed by atoms with Crippen LogP contribution in [-0.4, -0.2) is 4.98 Å². The molecular formula is C20H6Br3F5N4. The number of aromatic nitrogens is 1. The van der Waals surface area contributed by atoms with Crippen molar-refractivity contribution in [3.05, 3.63) is 113 Å². The summed E-state index contributed by atoms with van der Waals surface area (Å²) in [5.74, 6) is -6.90. The van der Waals surface area contributed by atoms with Gasteiger partial charge in [0.25, 0.3) is 11.9 Å². The molecule has 0 aliphatic heterocycles. The monoisotopic (exact) mass is 634 g/mol. The summed E-state index contributed by atoms with van der Waals surface area (Å²) in [6.45, 7) is 20.0. The second-order valence-corrected chi connectivity index (χ2v) is 7.82. The Morgan fingerprint density at radius 2 is 1.06 bits per heavy atom. The third-order valence-corrected chi connectivity index (χ3v) is 4.84. The van der Waals surface area contributed by atoms with Crippen LogP contribution in [0.3, 0.4) is 0 Å². The minimum absolute atomic E-state index is 0.0585. The maximum atomic E-state index is 12.6. The number of nitrogens with zero attached hydrogens (tertiary/aromatic N) is 4.